The van der Waals surface area contributed by atoms with Gasteiger partial charge in [0.15, 0.2) is 4.80 Å². The number of carbonyl (C=O) groups is 1. The molecule has 1 aliphatic heterocycles. The minimum absolute atomic E-state index is 0.191. The van der Waals surface area contributed by atoms with Gasteiger partial charge >= 0.3 is 5.97 Å². The molecule has 2 heterocycles. The van der Waals surface area contributed by atoms with Crippen LogP contribution in [0, 0.1) is 7.14 Å². The Labute approximate surface area is 244 Å². The minimum atomic E-state index is -0.807. The van der Waals surface area contributed by atoms with E-state index >= 15 is 0 Å². The number of benzene rings is 2. The molecule has 0 saturated carbocycles. The Morgan fingerprint density at radius 1 is 1.11 bits per heavy atom. The summed E-state index contributed by atoms with van der Waals surface area (Å²) in [4.78, 5) is 32.2. The molecule has 0 radical (unpaired) electrons. The van der Waals surface area contributed by atoms with Crippen LogP contribution in [0.25, 0.3) is 6.08 Å². The van der Waals surface area contributed by atoms with Gasteiger partial charge < -0.3 is 18.9 Å². The van der Waals surface area contributed by atoms with Gasteiger partial charge in [-0.1, -0.05) is 11.3 Å². The van der Waals surface area contributed by atoms with Crippen molar-refractivity contribution >= 4 is 68.6 Å². The third kappa shape index (κ3) is 5.30. The first-order chi connectivity index (χ1) is 17.7. The summed E-state index contributed by atoms with van der Waals surface area (Å²) in [6.07, 6.45) is 1.83. The van der Waals surface area contributed by atoms with Gasteiger partial charge in [-0.15, -0.1) is 0 Å². The van der Waals surface area contributed by atoms with E-state index in [0.29, 0.717) is 32.1 Å². The number of hydrogen-bond acceptors (Lipinski definition) is 8. The fourth-order valence-electron chi connectivity index (χ4n) is 4.15. The fraction of sp³-hybridized carbons (Fsp3) is 0.269. The van der Waals surface area contributed by atoms with Crippen molar-refractivity contribution in [3.8, 4) is 17.2 Å². The Morgan fingerprint density at radius 2 is 1.81 bits per heavy atom. The number of fused-ring (bicyclic) bond motifs is 1. The second-order valence-corrected chi connectivity index (χ2v) is 11.3. The van der Waals surface area contributed by atoms with E-state index < -0.39 is 12.0 Å². The normalized spacial score (nSPS) is 15.2. The van der Waals surface area contributed by atoms with Crippen LogP contribution >= 0.6 is 56.5 Å². The first-order valence-corrected chi connectivity index (χ1v) is 14.2. The van der Waals surface area contributed by atoms with Gasteiger partial charge in [0.05, 0.1) is 50.9 Å². The van der Waals surface area contributed by atoms with Gasteiger partial charge in [0.2, 0.25) is 0 Å². The predicted octanol–water partition coefficient (Wildman–Crippen LogP) is 4.03. The number of aromatic nitrogens is 1. The van der Waals surface area contributed by atoms with Crippen molar-refractivity contribution in [3.63, 3.8) is 0 Å². The maximum atomic E-state index is 13.9. The van der Waals surface area contributed by atoms with Crippen LogP contribution in [0.2, 0.25) is 0 Å². The van der Waals surface area contributed by atoms with Crippen LogP contribution in [0.5, 0.6) is 17.2 Å². The van der Waals surface area contributed by atoms with Gasteiger partial charge in [0.25, 0.3) is 5.56 Å². The number of hydrogen-bond donors (Lipinski definition) is 0. The number of ether oxygens (including phenoxy) is 4. The maximum absolute atomic E-state index is 13.9. The minimum Gasteiger partial charge on any atom is -0.497 e. The highest BCUT2D eigenvalue weighted by atomic mass is 127. The Kier molecular flexibility index (Phi) is 8.63. The van der Waals surface area contributed by atoms with E-state index in [1.807, 2.05) is 18.2 Å². The Balaban J connectivity index is 2.00. The Morgan fingerprint density at radius 3 is 2.41 bits per heavy atom. The van der Waals surface area contributed by atoms with E-state index in [1.54, 1.807) is 53.4 Å². The third-order valence-electron chi connectivity index (χ3n) is 5.77. The van der Waals surface area contributed by atoms with Gasteiger partial charge in [0.1, 0.15) is 23.3 Å². The molecule has 0 aliphatic carbocycles. The van der Waals surface area contributed by atoms with E-state index in [9.17, 15) is 9.59 Å². The van der Waals surface area contributed by atoms with E-state index in [4.69, 9.17) is 18.9 Å². The summed E-state index contributed by atoms with van der Waals surface area (Å²) in [5, 5.41) is 0. The number of rotatable bonds is 7. The zero-order chi connectivity index (χ0) is 26.9. The molecule has 1 aromatic heterocycles. The highest BCUT2D eigenvalue weighted by Crippen LogP contribution is 2.38. The molecule has 0 unspecified atom stereocenters. The zero-order valence-corrected chi connectivity index (χ0v) is 25.9. The summed E-state index contributed by atoms with van der Waals surface area (Å²) in [5.74, 6) is 1.33. The van der Waals surface area contributed by atoms with Crippen molar-refractivity contribution in [2.24, 2.45) is 4.99 Å². The number of methoxy groups -OCH3 is 3. The molecular weight excluding hydrogens is 722 g/mol. The van der Waals surface area contributed by atoms with Crippen LogP contribution in [-0.2, 0) is 9.53 Å². The van der Waals surface area contributed by atoms with Crippen molar-refractivity contribution in [1.29, 1.82) is 0 Å². The molecule has 0 saturated heterocycles. The van der Waals surface area contributed by atoms with E-state index in [2.05, 4.69) is 50.2 Å². The van der Waals surface area contributed by atoms with Gasteiger partial charge in [-0.05, 0) is 101 Å². The number of carbonyl (C=O) groups excluding carboxylic acids is 1. The highest BCUT2D eigenvalue weighted by Gasteiger charge is 2.35. The number of nitrogens with zero attached hydrogens (tertiary/aromatic N) is 2. The van der Waals surface area contributed by atoms with Crippen molar-refractivity contribution in [1.82, 2.24) is 4.57 Å². The lowest BCUT2D eigenvalue weighted by molar-refractivity contribution is -0.139. The van der Waals surface area contributed by atoms with Crippen LogP contribution in [0.3, 0.4) is 0 Å². The number of allylic oxidation sites excluding steroid dienone is 1. The van der Waals surface area contributed by atoms with Crippen LogP contribution in [0.4, 0.5) is 0 Å². The van der Waals surface area contributed by atoms with E-state index in [0.717, 1.165) is 18.5 Å². The molecule has 3 aromatic rings. The van der Waals surface area contributed by atoms with Gasteiger partial charge in [0, 0.05) is 5.56 Å². The quantitative estimate of drug-likeness (QED) is 0.268. The second kappa shape index (κ2) is 11.6. The number of esters is 1. The average molecular weight is 746 g/mol. The van der Waals surface area contributed by atoms with Crippen molar-refractivity contribution in [2.45, 2.75) is 19.9 Å². The summed E-state index contributed by atoms with van der Waals surface area (Å²) < 4.78 is 25.8. The largest absolute Gasteiger partial charge is 0.497 e. The summed E-state index contributed by atoms with van der Waals surface area (Å²) in [6.45, 7) is 3.68. The predicted molar refractivity (Wildman–Crippen MR) is 158 cm³/mol. The van der Waals surface area contributed by atoms with Gasteiger partial charge in [-0.3, -0.25) is 9.36 Å². The monoisotopic (exact) mass is 746 g/mol. The molecule has 1 atom stereocenters. The molecule has 4 rings (SSSR count). The molecule has 8 nitrogen and oxygen atoms in total. The van der Waals surface area contributed by atoms with Crippen molar-refractivity contribution in [3.05, 3.63) is 79.6 Å². The van der Waals surface area contributed by atoms with Gasteiger partial charge in [-0.25, -0.2) is 9.79 Å². The van der Waals surface area contributed by atoms with E-state index in [1.165, 1.54) is 15.9 Å². The highest BCUT2D eigenvalue weighted by molar-refractivity contribution is 14.1. The van der Waals surface area contributed by atoms with Crippen molar-refractivity contribution < 1.29 is 23.7 Å². The van der Waals surface area contributed by atoms with Crippen LogP contribution in [-0.4, -0.2) is 38.5 Å². The summed E-state index contributed by atoms with van der Waals surface area (Å²) in [6, 6.07) is 8.39. The smallest absolute Gasteiger partial charge is 0.338 e. The first kappa shape index (κ1) is 27.6. The molecule has 0 spiro atoms. The van der Waals surface area contributed by atoms with Crippen molar-refractivity contribution in [2.75, 3.05) is 27.9 Å². The standard InChI is InChI=1S/C26H24I2N2O6S/c1-6-36-25(32)21-13(2)29-26-30(22(21)16-12-15(33-3)7-8-19(16)34-4)24(31)20(37-26)11-14-9-17(27)23(35-5)18(28)10-14/h7-12,22H,6H2,1-5H3/b20-11-/t22-/m0/s1. The summed E-state index contributed by atoms with van der Waals surface area (Å²) in [5.41, 5.74) is 1.95. The average Bonchev–Trinajstić information content (AvgIpc) is 3.16. The van der Waals surface area contributed by atoms with Crippen LogP contribution in [0.15, 0.2) is 51.4 Å². The summed E-state index contributed by atoms with van der Waals surface area (Å²) in [7, 11) is 4.73. The molecule has 194 valence electrons. The number of halogens is 2. The fourth-order valence-corrected chi connectivity index (χ4v) is 7.45. The maximum Gasteiger partial charge on any atom is 0.338 e. The molecule has 2 aromatic carbocycles. The lowest BCUT2D eigenvalue weighted by atomic mass is 9.94. The number of thiazole rings is 1. The Bertz CT molecular complexity index is 1570. The molecule has 0 fully saturated rings. The van der Waals surface area contributed by atoms with Crippen LogP contribution in [0.1, 0.15) is 31.0 Å². The Hall–Kier alpha value is -2.39. The topological polar surface area (TPSA) is 88.4 Å². The van der Waals surface area contributed by atoms with Crippen LogP contribution < -0.4 is 29.1 Å². The molecule has 11 heteroatoms. The SMILES string of the molecule is CCOC(=O)C1=C(C)N=c2s/c(=C\c3cc(I)c(OC)c(I)c3)c(=O)n2[C@H]1c1cc(OC)ccc1OC. The molecule has 0 bridgehead atoms. The lowest BCUT2D eigenvalue weighted by Gasteiger charge is -2.26. The lowest BCUT2D eigenvalue weighted by Crippen LogP contribution is -2.40. The zero-order valence-electron chi connectivity index (χ0n) is 20.8. The molecule has 0 N–H and O–H groups in total. The molecule has 0 amide bonds. The molecule has 37 heavy (non-hydrogen) atoms. The third-order valence-corrected chi connectivity index (χ3v) is 8.36. The summed E-state index contributed by atoms with van der Waals surface area (Å²) >= 11 is 5.69. The molecular formula is C26H24I2N2O6S. The first-order valence-electron chi connectivity index (χ1n) is 11.2. The van der Waals surface area contributed by atoms with E-state index in [-0.39, 0.29) is 17.7 Å². The molecule has 1 aliphatic rings. The second-order valence-electron chi connectivity index (χ2n) is 7.93. The van der Waals surface area contributed by atoms with Gasteiger partial charge in [-0.2, -0.15) is 0 Å².